The van der Waals surface area contributed by atoms with Crippen LogP contribution in [0.3, 0.4) is 0 Å². The molecular weight excluding hydrogens is 326 g/mol. The van der Waals surface area contributed by atoms with Gasteiger partial charge in [-0.05, 0) is 68.4 Å². The molecule has 0 bridgehead atoms. The smallest absolute Gasteiger partial charge is 0.223 e. The SMILES string of the molecule is CCOc1ccc(CCC2CCN(C(=O)CCc3ccco3)CC2)cc1. The minimum atomic E-state index is 0.256. The van der Waals surface area contributed by atoms with Gasteiger partial charge in [0.15, 0.2) is 0 Å². The summed E-state index contributed by atoms with van der Waals surface area (Å²) in [5.41, 5.74) is 1.37. The van der Waals surface area contributed by atoms with E-state index >= 15 is 0 Å². The number of furan rings is 1. The zero-order chi connectivity index (χ0) is 18.2. The third-order valence-corrected chi connectivity index (χ3v) is 5.21. The summed E-state index contributed by atoms with van der Waals surface area (Å²) in [6, 6.07) is 12.2. The Morgan fingerprint density at radius 1 is 1.15 bits per heavy atom. The van der Waals surface area contributed by atoms with Crippen molar-refractivity contribution in [2.45, 2.75) is 45.4 Å². The fourth-order valence-electron chi connectivity index (χ4n) is 3.60. The average molecular weight is 355 g/mol. The first kappa shape index (κ1) is 18.6. The molecule has 0 atom stereocenters. The molecule has 0 saturated carbocycles. The summed E-state index contributed by atoms with van der Waals surface area (Å²) < 4.78 is 10.8. The van der Waals surface area contributed by atoms with Crippen LogP contribution in [0.2, 0.25) is 0 Å². The number of aryl methyl sites for hydroxylation is 2. The van der Waals surface area contributed by atoms with Crippen molar-refractivity contribution in [3.63, 3.8) is 0 Å². The molecule has 26 heavy (non-hydrogen) atoms. The molecule has 4 nitrogen and oxygen atoms in total. The predicted molar refractivity (Wildman–Crippen MR) is 102 cm³/mol. The van der Waals surface area contributed by atoms with Gasteiger partial charge in [-0.1, -0.05) is 12.1 Å². The van der Waals surface area contributed by atoms with E-state index < -0.39 is 0 Å². The van der Waals surface area contributed by atoms with Crippen LogP contribution < -0.4 is 4.74 Å². The number of ether oxygens (including phenoxy) is 1. The molecule has 1 fully saturated rings. The first-order valence-electron chi connectivity index (χ1n) is 9.76. The lowest BCUT2D eigenvalue weighted by molar-refractivity contribution is -0.132. The minimum absolute atomic E-state index is 0.256. The third-order valence-electron chi connectivity index (χ3n) is 5.21. The maximum absolute atomic E-state index is 12.3. The maximum atomic E-state index is 12.3. The lowest BCUT2D eigenvalue weighted by Crippen LogP contribution is -2.38. The zero-order valence-electron chi connectivity index (χ0n) is 15.7. The minimum Gasteiger partial charge on any atom is -0.494 e. The second-order valence-electron chi connectivity index (χ2n) is 7.02. The van der Waals surface area contributed by atoms with Crippen molar-refractivity contribution >= 4 is 5.91 Å². The number of piperidine rings is 1. The number of hydrogen-bond donors (Lipinski definition) is 0. The molecular formula is C22H29NO3. The number of benzene rings is 1. The Balaban J connectivity index is 1.36. The number of likely N-dealkylation sites (tertiary alicyclic amines) is 1. The Labute approximate surface area is 156 Å². The van der Waals surface area contributed by atoms with E-state index in [9.17, 15) is 4.79 Å². The molecule has 0 radical (unpaired) electrons. The average Bonchev–Trinajstić information content (AvgIpc) is 3.20. The maximum Gasteiger partial charge on any atom is 0.223 e. The Morgan fingerprint density at radius 3 is 2.58 bits per heavy atom. The highest BCUT2D eigenvalue weighted by Gasteiger charge is 2.22. The van der Waals surface area contributed by atoms with Crippen molar-refractivity contribution in [2.24, 2.45) is 5.92 Å². The molecule has 140 valence electrons. The van der Waals surface area contributed by atoms with Gasteiger partial charge < -0.3 is 14.1 Å². The summed E-state index contributed by atoms with van der Waals surface area (Å²) in [5, 5.41) is 0. The van der Waals surface area contributed by atoms with Gasteiger partial charge >= 0.3 is 0 Å². The Morgan fingerprint density at radius 2 is 1.92 bits per heavy atom. The van der Waals surface area contributed by atoms with Crippen molar-refractivity contribution in [1.82, 2.24) is 4.90 Å². The molecule has 0 spiro atoms. The van der Waals surface area contributed by atoms with Crippen LogP contribution >= 0.6 is 0 Å². The molecule has 2 aromatic rings. The predicted octanol–water partition coefficient (Wildman–Crippen LogP) is 4.48. The summed E-state index contributed by atoms with van der Waals surface area (Å²) in [5.74, 6) is 2.81. The van der Waals surface area contributed by atoms with Crippen LogP contribution in [0.1, 0.15) is 43.9 Å². The van der Waals surface area contributed by atoms with E-state index in [2.05, 4.69) is 24.3 Å². The van der Waals surface area contributed by atoms with Gasteiger partial charge in [0.2, 0.25) is 5.91 Å². The number of carbonyl (C=O) groups is 1. The van der Waals surface area contributed by atoms with Crippen molar-refractivity contribution in [3.8, 4) is 5.75 Å². The second-order valence-corrected chi connectivity index (χ2v) is 7.02. The molecule has 0 N–H and O–H groups in total. The number of amides is 1. The second kappa shape index (κ2) is 9.46. The first-order valence-corrected chi connectivity index (χ1v) is 9.76. The fourth-order valence-corrected chi connectivity index (χ4v) is 3.60. The third kappa shape index (κ3) is 5.38. The van der Waals surface area contributed by atoms with Crippen molar-refractivity contribution in [2.75, 3.05) is 19.7 Å². The molecule has 3 rings (SSSR count). The Bertz CT molecular complexity index is 655. The van der Waals surface area contributed by atoms with E-state index in [0.717, 1.165) is 49.8 Å². The number of carbonyl (C=O) groups excluding carboxylic acids is 1. The number of hydrogen-bond acceptors (Lipinski definition) is 3. The highest BCUT2D eigenvalue weighted by molar-refractivity contribution is 5.76. The van der Waals surface area contributed by atoms with Crippen LogP contribution in [-0.4, -0.2) is 30.5 Å². The quantitative estimate of drug-likeness (QED) is 0.701. The molecule has 0 aliphatic carbocycles. The summed E-state index contributed by atoms with van der Waals surface area (Å²) in [6.45, 7) is 4.50. The lowest BCUT2D eigenvalue weighted by Gasteiger charge is -2.32. The topological polar surface area (TPSA) is 42.7 Å². The van der Waals surface area contributed by atoms with Gasteiger partial charge in [0.1, 0.15) is 11.5 Å². The molecule has 1 saturated heterocycles. The van der Waals surface area contributed by atoms with Gasteiger partial charge in [-0.15, -0.1) is 0 Å². The number of rotatable bonds is 8. The van der Waals surface area contributed by atoms with Crippen LogP contribution in [0.15, 0.2) is 47.1 Å². The van der Waals surface area contributed by atoms with Crippen LogP contribution in [0.4, 0.5) is 0 Å². The largest absolute Gasteiger partial charge is 0.494 e. The van der Waals surface area contributed by atoms with Crippen LogP contribution in [-0.2, 0) is 17.6 Å². The summed E-state index contributed by atoms with van der Waals surface area (Å²) in [6.07, 6.45) is 7.43. The van der Waals surface area contributed by atoms with Crippen LogP contribution in [0.5, 0.6) is 5.75 Å². The van der Waals surface area contributed by atoms with Gasteiger partial charge in [0.05, 0.1) is 12.9 Å². The summed E-state index contributed by atoms with van der Waals surface area (Å²) >= 11 is 0. The van der Waals surface area contributed by atoms with E-state index in [-0.39, 0.29) is 5.91 Å². The summed E-state index contributed by atoms with van der Waals surface area (Å²) in [7, 11) is 0. The molecule has 1 aromatic heterocycles. The van der Waals surface area contributed by atoms with Gasteiger partial charge in [0, 0.05) is 25.9 Å². The van der Waals surface area contributed by atoms with Crippen molar-refractivity contribution < 1.29 is 13.9 Å². The monoisotopic (exact) mass is 355 g/mol. The van der Waals surface area contributed by atoms with Gasteiger partial charge in [0.25, 0.3) is 0 Å². The number of nitrogens with zero attached hydrogens (tertiary/aromatic N) is 1. The normalized spacial score (nSPS) is 15.2. The summed E-state index contributed by atoms with van der Waals surface area (Å²) in [4.78, 5) is 14.4. The molecule has 1 aliphatic heterocycles. The molecule has 4 heteroatoms. The molecule has 1 aliphatic rings. The molecule has 1 amide bonds. The molecule has 2 heterocycles. The van der Waals surface area contributed by atoms with Crippen molar-refractivity contribution in [1.29, 1.82) is 0 Å². The highest BCUT2D eigenvalue weighted by Crippen LogP contribution is 2.24. The first-order chi connectivity index (χ1) is 12.7. The van der Waals surface area contributed by atoms with E-state index in [1.807, 2.05) is 24.0 Å². The van der Waals surface area contributed by atoms with Crippen LogP contribution in [0.25, 0.3) is 0 Å². The zero-order valence-corrected chi connectivity index (χ0v) is 15.7. The van der Waals surface area contributed by atoms with E-state index in [1.54, 1.807) is 6.26 Å². The standard InChI is InChI=1S/C22H29NO3/c1-2-25-21-9-7-18(8-10-21)5-6-19-13-15-23(16-14-19)22(24)12-11-20-4-3-17-26-20/h3-4,7-10,17,19H,2,5-6,11-16H2,1H3. The van der Waals surface area contributed by atoms with Gasteiger partial charge in [-0.25, -0.2) is 0 Å². The Kier molecular flexibility index (Phi) is 6.75. The fraction of sp³-hybridized carbons (Fsp3) is 0.500. The highest BCUT2D eigenvalue weighted by atomic mass is 16.5. The van der Waals surface area contributed by atoms with E-state index in [1.165, 1.54) is 12.0 Å². The van der Waals surface area contributed by atoms with E-state index in [0.29, 0.717) is 19.4 Å². The van der Waals surface area contributed by atoms with Gasteiger partial charge in [-0.2, -0.15) is 0 Å². The van der Waals surface area contributed by atoms with Crippen molar-refractivity contribution in [3.05, 3.63) is 54.0 Å². The Hall–Kier alpha value is -2.23. The molecule has 0 unspecified atom stereocenters. The molecule has 1 aromatic carbocycles. The van der Waals surface area contributed by atoms with E-state index in [4.69, 9.17) is 9.15 Å². The lowest BCUT2D eigenvalue weighted by atomic mass is 9.90. The van der Waals surface area contributed by atoms with Gasteiger partial charge in [-0.3, -0.25) is 4.79 Å². The van der Waals surface area contributed by atoms with Crippen LogP contribution in [0, 0.1) is 5.92 Å².